The Labute approximate surface area is 118 Å². The minimum atomic E-state index is 0.117. The van der Waals surface area contributed by atoms with Crippen LogP contribution in [0.5, 0.6) is 0 Å². The van der Waals surface area contributed by atoms with E-state index in [0.29, 0.717) is 23.2 Å². The molecule has 1 heterocycles. The smallest absolute Gasteiger partial charge is 0.135 e. The predicted molar refractivity (Wildman–Crippen MR) is 75.6 cm³/mol. The zero-order valence-electron chi connectivity index (χ0n) is 11.6. The third-order valence-corrected chi connectivity index (χ3v) is 4.63. The summed E-state index contributed by atoms with van der Waals surface area (Å²) in [6, 6.07) is 2.18. The lowest BCUT2D eigenvalue weighted by atomic mass is 9.64. The summed E-state index contributed by atoms with van der Waals surface area (Å²) in [6.07, 6.45) is 3.68. The van der Waals surface area contributed by atoms with E-state index in [2.05, 4.69) is 29.1 Å². The first-order valence-electron chi connectivity index (χ1n) is 6.84. The van der Waals surface area contributed by atoms with Crippen LogP contribution in [0.25, 0.3) is 0 Å². The second kappa shape index (κ2) is 4.60. The van der Waals surface area contributed by atoms with Gasteiger partial charge in [-0.05, 0) is 19.3 Å². The lowest BCUT2D eigenvalue weighted by Crippen LogP contribution is -2.57. The topological polar surface area (TPSA) is 47.0 Å². The molecule has 2 aliphatic carbocycles. The molecule has 104 valence electrons. The summed E-state index contributed by atoms with van der Waals surface area (Å²) in [5, 5.41) is 4.01. The van der Waals surface area contributed by atoms with Gasteiger partial charge in [-0.3, -0.25) is 0 Å². The van der Waals surface area contributed by atoms with Crippen LogP contribution in [-0.2, 0) is 4.74 Å². The van der Waals surface area contributed by atoms with E-state index in [4.69, 9.17) is 16.3 Å². The fraction of sp³-hybridized carbons (Fsp3) is 0.714. The molecule has 0 amide bonds. The van der Waals surface area contributed by atoms with Crippen LogP contribution in [0.4, 0.5) is 5.82 Å². The van der Waals surface area contributed by atoms with Crippen molar-refractivity contribution in [2.45, 2.75) is 51.2 Å². The molecule has 0 saturated heterocycles. The van der Waals surface area contributed by atoms with Crippen LogP contribution in [0.2, 0.25) is 5.15 Å². The molecular weight excluding hydrogens is 262 g/mol. The SMILES string of the molecule is COC1CC(Nc2cc(Cl)nc(C3CC3)n2)C1(C)C. The zero-order chi connectivity index (χ0) is 13.6. The number of hydrogen-bond donors (Lipinski definition) is 1. The van der Waals surface area contributed by atoms with Crippen LogP contribution < -0.4 is 5.32 Å². The molecule has 1 aromatic rings. The molecule has 3 rings (SSSR count). The molecule has 1 N–H and O–H groups in total. The Bertz CT molecular complexity index is 488. The van der Waals surface area contributed by atoms with E-state index in [1.807, 2.05) is 6.07 Å². The number of aromatic nitrogens is 2. The Morgan fingerprint density at radius 2 is 2.11 bits per heavy atom. The molecule has 2 unspecified atom stereocenters. The van der Waals surface area contributed by atoms with Crippen molar-refractivity contribution < 1.29 is 4.74 Å². The highest BCUT2D eigenvalue weighted by atomic mass is 35.5. The first kappa shape index (κ1) is 13.1. The number of halogens is 1. The summed E-state index contributed by atoms with van der Waals surface area (Å²) >= 11 is 6.08. The van der Waals surface area contributed by atoms with Crippen LogP contribution in [0.15, 0.2) is 6.07 Å². The van der Waals surface area contributed by atoms with Gasteiger partial charge in [-0.2, -0.15) is 0 Å². The number of anilines is 1. The zero-order valence-corrected chi connectivity index (χ0v) is 12.4. The second-order valence-corrected chi connectivity index (χ2v) is 6.57. The van der Waals surface area contributed by atoms with Gasteiger partial charge in [-0.15, -0.1) is 0 Å². The monoisotopic (exact) mass is 281 g/mol. The highest BCUT2D eigenvalue weighted by Crippen LogP contribution is 2.44. The maximum absolute atomic E-state index is 6.08. The van der Waals surface area contributed by atoms with E-state index in [0.717, 1.165) is 18.1 Å². The molecule has 5 heteroatoms. The Morgan fingerprint density at radius 3 is 2.68 bits per heavy atom. The number of ether oxygens (including phenoxy) is 1. The number of methoxy groups -OCH3 is 1. The average Bonchev–Trinajstić information content (AvgIpc) is 3.17. The van der Waals surface area contributed by atoms with Gasteiger partial charge in [0, 0.05) is 30.6 Å². The predicted octanol–water partition coefficient (Wildman–Crippen LogP) is 3.23. The standard InChI is InChI=1S/C14H20ClN3O/c1-14(2)9(6-10(14)19-3)16-12-7-11(15)17-13(18-12)8-4-5-8/h7-10H,4-6H2,1-3H3,(H,16,17,18). The molecule has 1 aromatic heterocycles. The summed E-state index contributed by atoms with van der Waals surface area (Å²) in [7, 11) is 1.77. The molecule has 2 saturated carbocycles. The van der Waals surface area contributed by atoms with E-state index >= 15 is 0 Å². The summed E-state index contributed by atoms with van der Waals surface area (Å²) in [6.45, 7) is 4.43. The highest BCUT2D eigenvalue weighted by molar-refractivity contribution is 6.29. The second-order valence-electron chi connectivity index (χ2n) is 6.19. The molecule has 2 aliphatic rings. The maximum Gasteiger partial charge on any atom is 0.135 e. The molecule has 0 radical (unpaired) electrons. The average molecular weight is 282 g/mol. The molecule has 0 aromatic carbocycles. The molecule has 0 aliphatic heterocycles. The number of rotatable bonds is 4. The largest absolute Gasteiger partial charge is 0.381 e. The normalized spacial score (nSPS) is 28.8. The van der Waals surface area contributed by atoms with Crippen LogP contribution in [-0.4, -0.2) is 29.2 Å². The van der Waals surface area contributed by atoms with Gasteiger partial charge in [-0.1, -0.05) is 25.4 Å². The van der Waals surface area contributed by atoms with Crippen molar-refractivity contribution in [3.63, 3.8) is 0 Å². The summed E-state index contributed by atoms with van der Waals surface area (Å²) in [5.74, 6) is 2.24. The Hall–Kier alpha value is -0.870. The third-order valence-electron chi connectivity index (χ3n) is 4.44. The van der Waals surface area contributed by atoms with Gasteiger partial charge in [0.1, 0.15) is 16.8 Å². The molecule has 0 spiro atoms. The van der Waals surface area contributed by atoms with Crippen molar-refractivity contribution in [2.24, 2.45) is 5.41 Å². The summed E-state index contributed by atoms with van der Waals surface area (Å²) < 4.78 is 5.47. The maximum atomic E-state index is 6.08. The van der Waals surface area contributed by atoms with Crippen molar-refractivity contribution in [3.8, 4) is 0 Å². The van der Waals surface area contributed by atoms with Gasteiger partial charge < -0.3 is 10.1 Å². The van der Waals surface area contributed by atoms with E-state index in [1.54, 1.807) is 7.11 Å². The van der Waals surface area contributed by atoms with Crippen molar-refractivity contribution in [1.82, 2.24) is 9.97 Å². The Morgan fingerprint density at radius 1 is 1.37 bits per heavy atom. The molecule has 19 heavy (non-hydrogen) atoms. The van der Waals surface area contributed by atoms with Gasteiger partial charge in [0.2, 0.25) is 0 Å². The number of hydrogen-bond acceptors (Lipinski definition) is 4. The first-order valence-corrected chi connectivity index (χ1v) is 7.22. The van der Waals surface area contributed by atoms with Gasteiger partial charge in [0.05, 0.1) is 6.10 Å². The van der Waals surface area contributed by atoms with Crippen LogP contribution in [0.3, 0.4) is 0 Å². The first-order chi connectivity index (χ1) is 9.00. The van der Waals surface area contributed by atoms with Crippen LogP contribution >= 0.6 is 11.6 Å². The van der Waals surface area contributed by atoms with E-state index < -0.39 is 0 Å². The van der Waals surface area contributed by atoms with Gasteiger partial charge in [-0.25, -0.2) is 9.97 Å². The molecule has 0 bridgehead atoms. The number of nitrogens with zero attached hydrogens (tertiary/aromatic N) is 2. The van der Waals surface area contributed by atoms with Crippen LogP contribution in [0, 0.1) is 5.41 Å². The molecule has 2 atom stereocenters. The van der Waals surface area contributed by atoms with E-state index in [-0.39, 0.29) is 5.41 Å². The van der Waals surface area contributed by atoms with Crippen molar-refractivity contribution in [2.75, 3.05) is 12.4 Å². The lowest BCUT2D eigenvalue weighted by molar-refractivity contribution is -0.0795. The summed E-state index contributed by atoms with van der Waals surface area (Å²) in [5.41, 5.74) is 0.117. The number of nitrogens with one attached hydrogen (secondary N) is 1. The van der Waals surface area contributed by atoms with E-state index in [1.165, 1.54) is 12.8 Å². The van der Waals surface area contributed by atoms with Gasteiger partial charge in [0.15, 0.2) is 0 Å². The summed E-state index contributed by atoms with van der Waals surface area (Å²) in [4.78, 5) is 8.89. The third kappa shape index (κ3) is 2.43. The van der Waals surface area contributed by atoms with Crippen molar-refractivity contribution in [1.29, 1.82) is 0 Å². The minimum Gasteiger partial charge on any atom is -0.381 e. The van der Waals surface area contributed by atoms with Crippen molar-refractivity contribution in [3.05, 3.63) is 17.0 Å². The molecular formula is C14H20ClN3O. The molecule has 2 fully saturated rings. The van der Waals surface area contributed by atoms with Crippen LogP contribution in [0.1, 0.15) is 44.9 Å². The highest BCUT2D eigenvalue weighted by Gasteiger charge is 2.48. The minimum absolute atomic E-state index is 0.117. The Kier molecular flexibility index (Phi) is 3.18. The Balaban J connectivity index is 1.73. The quantitative estimate of drug-likeness (QED) is 0.861. The fourth-order valence-corrected chi connectivity index (χ4v) is 2.93. The van der Waals surface area contributed by atoms with Gasteiger partial charge >= 0.3 is 0 Å². The lowest BCUT2D eigenvalue weighted by Gasteiger charge is -2.51. The van der Waals surface area contributed by atoms with E-state index in [9.17, 15) is 0 Å². The van der Waals surface area contributed by atoms with Gasteiger partial charge in [0.25, 0.3) is 0 Å². The molecule has 4 nitrogen and oxygen atoms in total. The fourth-order valence-electron chi connectivity index (χ4n) is 2.74. The van der Waals surface area contributed by atoms with Crippen molar-refractivity contribution >= 4 is 17.4 Å².